The van der Waals surface area contributed by atoms with Crippen LogP contribution in [0.3, 0.4) is 0 Å². The highest BCUT2D eigenvalue weighted by atomic mass is 16.5. The summed E-state index contributed by atoms with van der Waals surface area (Å²) in [5, 5.41) is 12.5. The van der Waals surface area contributed by atoms with Crippen molar-refractivity contribution in [1.29, 1.82) is 0 Å². The van der Waals surface area contributed by atoms with Gasteiger partial charge in [-0.05, 0) is 19.9 Å². The van der Waals surface area contributed by atoms with Gasteiger partial charge in [-0.1, -0.05) is 30.3 Å². The van der Waals surface area contributed by atoms with Gasteiger partial charge in [0.1, 0.15) is 11.4 Å². The lowest BCUT2D eigenvalue weighted by Crippen LogP contribution is -2.17. The summed E-state index contributed by atoms with van der Waals surface area (Å²) in [4.78, 5) is 1.74. The highest BCUT2D eigenvalue weighted by Gasteiger charge is 2.11. The molecule has 1 aromatic carbocycles. The number of aryl methyl sites for hydroxylation is 1. The molecule has 20 heavy (non-hydrogen) atoms. The predicted octanol–water partition coefficient (Wildman–Crippen LogP) is 2.09. The van der Waals surface area contributed by atoms with Gasteiger partial charge in [-0.2, -0.15) is 15.0 Å². The van der Waals surface area contributed by atoms with E-state index in [0.29, 0.717) is 0 Å². The van der Waals surface area contributed by atoms with Crippen LogP contribution in [0.5, 0.6) is 0 Å². The minimum Gasteiger partial charge on any atom is -0.385 e. The van der Waals surface area contributed by atoms with E-state index in [1.165, 1.54) is 0 Å². The van der Waals surface area contributed by atoms with Gasteiger partial charge in [0, 0.05) is 25.8 Å². The van der Waals surface area contributed by atoms with E-state index >= 15 is 0 Å². The van der Waals surface area contributed by atoms with Crippen molar-refractivity contribution in [1.82, 2.24) is 20.3 Å². The maximum atomic E-state index is 5.04. The number of nitrogens with one attached hydrogen (secondary N) is 1. The summed E-state index contributed by atoms with van der Waals surface area (Å²) in [7, 11) is 1.72. The molecule has 0 fully saturated rings. The number of nitrogens with zero attached hydrogens (tertiary/aromatic N) is 3. The Balaban J connectivity index is 2.05. The Morgan fingerprint density at radius 1 is 1.20 bits per heavy atom. The van der Waals surface area contributed by atoms with E-state index in [2.05, 4.69) is 27.6 Å². The Labute approximate surface area is 120 Å². The van der Waals surface area contributed by atoms with Gasteiger partial charge in [-0.25, -0.2) is 0 Å². The maximum absolute atomic E-state index is 5.04. The van der Waals surface area contributed by atoms with Crippen LogP contribution >= 0.6 is 0 Å². The first kappa shape index (κ1) is 14.7. The molecule has 1 N–H and O–H groups in total. The second-order valence-electron chi connectivity index (χ2n) is 4.57. The normalized spacial score (nSPS) is 10.9. The fourth-order valence-electron chi connectivity index (χ4n) is 2.01. The van der Waals surface area contributed by atoms with Crippen molar-refractivity contribution in [3.05, 3.63) is 36.0 Å². The Morgan fingerprint density at radius 3 is 2.70 bits per heavy atom. The molecule has 0 unspecified atom stereocenters. The van der Waals surface area contributed by atoms with Gasteiger partial charge < -0.3 is 10.1 Å². The Kier molecular flexibility index (Phi) is 5.70. The number of hydrogen-bond donors (Lipinski definition) is 1. The summed E-state index contributed by atoms with van der Waals surface area (Å²) < 4.78 is 5.04. The first-order valence-electron chi connectivity index (χ1n) is 7.04. The average Bonchev–Trinajstić information content (AvgIpc) is 2.91. The lowest BCUT2D eigenvalue weighted by molar-refractivity contribution is 0.194. The van der Waals surface area contributed by atoms with Gasteiger partial charge in [0.15, 0.2) is 0 Å². The molecule has 0 aliphatic carbocycles. The summed E-state index contributed by atoms with van der Waals surface area (Å²) in [6, 6.07) is 10.2. The second kappa shape index (κ2) is 7.77. The van der Waals surface area contributed by atoms with Crippen molar-refractivity contribution < 1.29 is 4.74 Å². The SMILES string of the molecule is CCn1nc(CNCCCOC)c(-c2ccccc2)n1. The first-order chi connectivity index (χ1) is 9.85. The van der Waals surface area contributed by atoms with Gasteiger partial charge in [-0.15, -0.1) is 0 Å². The van der Waals surface area contributed by atoms with Gasteiger partial charge >= 0.3 is 0 Å². The summed E-state index contributed by atoms with van der Waals surface area (Å²) in [5.74, 6) is 0. The molecular formula is C15H22N4O. The summed E-state index contributed by atoms with van der Waals surface area (Å²) in [6.45, 7) is 5.25. The number of ether oxygens (including phenoxy) is 1. The number of aromatic nitrogens is 3. The topological polar surface area (TPSA) is 52.0 Å². The summed E-state index contributed by atoms with van der Waals surface area (Å²) in [5.41, 5.74) is 3.07. The molecule has 0 aliphatic rings. The quantitative estimate of drug-likeness (QED) is 0.749. The first-order valence-corrected chi connectivity index (χ1v) is 7.04. The molecule has 0 saturated carbocycles. The fraction of sp³-hybridized carbons (Fsp3) is 0.467. The molecule has 0 aliphatic heterocycles. The molecule has 5 heteroatoms. The monoisotopic (exact) mass is 274 g/mol. The Bertz CT molecular complexity index is 510. The summed E-state index contributed by atoms with van der Waals surface area (Å²) in [6.07, 6.45) is 0.999. The second-order valence-corrected chi connectivity index (χ2v) is 4.57. The molecule has 0 radical (unpaired) electrons. The zero-order valence-electron chi connectivity index (χ0n) is 12.2. The smallest absolute Gasteiger partial charge is 0.117 e. The average molecular weight is 274 g/mol. The van der Waals surface area contributed by atoms with Gasteiger partial charge in [-0.3, -0.25) is 0 Å². The molecule has 0 amide bonds. The van der Waals surface area contributed by atoms with Crippen molar-refractivity contribution in [2.24, 2.45) is 0 Å². The lowest BCUT2D eigenvalue weighted by Gasteiger charge is -2.03. The molecule has 0 bridgehead atoms. The highest BCUT2D eigenvalue weighted by molar-refractivity contribution is 5.60. The highest BCUT2D eigenvalue weighted by Crippen LogP contribution is 2.19. The third-order valence-corrected chi connectivity index (χ3v) is 3.05. The zero-order valence-corrected chi connectivity index (χ0v) is 12.2. The Morgan fingerprint density at radius 2 is 2.00 bits per heavy atom. The number of benzene rings is 1. The molecule has 5 nitrogen and oxygen atoms in total. The van der Waals surface area contributed by atoms with Crippen molar-refractivity contribution in [3.63, 3.8) is 0 Å². The molecular weight excluding hydrogens is 252 g/mol. The van der Waals surface area contributed by atoms with Gasteiger partial charge in [0.05, 0.1) is 6.54 Å². The molecule has 0 atom stereocenters. The van der Waals surface area contributed by atoms with Crippen LogP contribution in [0.4, 0.5) is 0 Å². The van der Waals surface area contributed by atoms with E-state index in [1.54, 1.807) is 11.9 Å². The molecule has 108 valence electrons. The van der Waals surface area contributed by atoms with Crippen LogP contribution < -0.4 is 5.32 Å². The van der Waals surface area contributed by atoms with Crippen molar-refractivity contribution in [2.75, 3.05) is 20.3 Å². The number of methoxy groups -OCH3 is 1. The molecule has 1 aromatic heterocycles. The van der Waals surface area contributed by atoms with Crippen molar-refractivity contribution >= 4 is 0 Å². The predicted molar refractivity (Wildman–Crippen MR) is 79.3 cm³/mol. The van der Waals surface area contributed by atoms with E-state index in [1.807, 2.05) is 25.1 Å². The minimum absolute atomic E-state index is 0.730. The lowest BCUT2D eigenvalue weighted by atomic mass is 10.1. The minimum atomic E-state index is 0.730. The molecule has 2 aromatic rings. The zero-order chi connectivity index (χ0) is 14.2. The standard InChI is InChI=1S/C15H22N4O/c1-3-19-17-14(12-16-10-7-11-20-2)15(18-19)13-8-5-4-6-9-13/h4-6,8-9,16H,3,7,10-12H2,1-2H3. The third-order valence-electron chi connectivity index (χ3n) is 3.05. The van der Waals surface area contributed by atoms with E-state index in [-0.39, 0.29) is 0 Å². The molecule has 0 saturated heterocycles. The van der Waals surface area contributed by atoms with Gasteiger partial charge in [0.2, 0.25) is 0 Å². The van der Waals surface area contributed by atoms with E-state index in [4.69, 9.17) is 4.74 Å². The van der Waals surface area contributed by atoms with Crippen LogP contribution in [-0.2, 0) is 17.8 Å². The van der Waals surface area contributed by atoms with Crippen LogP contribution in [0.25, 0.3) is 11.3 Å². The van der Waals surface area contributed by atoms with E-state index in [9.17, 15) is 0 Å². The molecule has 1 heterocycles. The summed E-state index contributed by atoms with van der Waals surface area (Å²) >= 11 is 0. The van der Waals surface area contributed by atoms with Crippen molar-refractivity contribution in [3.8, 4) is 11.3 Å². The van der Waals surface area contributed by atoms with Crippen LogP contribution in [0, 0.1) is 0 Å². The van der Waals surface area contributed by atoms with Crippen LogP contribution in [-0.4, -0.2) is 35.3 Å². The maximum Gasteiger partial charge on any atom is 0.117 e. The van der Waals surface area contributed by atoms with Crippen LogP contribution in [0.1, 0.15) is 19.0 Å². The fourth-order valence-corrected chi connectivity index (χ4v) is 2.01. The van der Waals surface area contributed by atoms with Crippen LogP contribution in [0.15, 0.2) is 30.3 Å². The van der Waals surface area contributed by atoms with E-state index < -0.39 is 0 Å². The molecule has 2 rings (SSSR count). The molecule has 0 spiro atoms. The Hall–Kier alpha value is -1.72. The number of rotatable bonds is 8. The van der Waals surface area contributed by atoms with Crippen LogP contribution in [0.2, 0.25) is 0 Å². The van der Waals surface area contributed by atoms with Gasteiger partial charge in [0.25, 0.3) is 0 Å². The van der Waals surface area contributed by atoms with Crippen molar-refractivity contribution in [2.45, 2.75) is 26.4 Å². The third kappa shape index (κ3) is 3.88. The number of hydrogen-bond acceptors (Lipinski definition) is 4. The van der Waals surface area contributed by atoms with E-state index in [0.717, 1.165) is 49.6 Å². The largest absolute Gasteiger partial charge is 0.385 e.